The van der Waals surface area contributed by atoms with Crippen molar-refractivity contribution in [2.45, 2.75) is 29.9 Å². The number of nitrogen functional groups attached to an aromatic ring is 1. The van der Waals surface area contributed by atoms with Crippen molar-refractivity contribution >= 4 is 16.5 Å². The second kappa shape index (κ2) is 4.97. The normalized spacial score (nSPS) is 19.6. The Morgan fingerprint density at radius 1 is 1.38 bits per heavy atom. The summed E-state index contributed by atoms with van der Waals surface area (Å²) in [5, 5.41) is 0.217. The van der Waals surface area contributed by atoms with Crippen LogP contribution in [-0.2, 0) is 15.5 Å². The monoisotopic (exact) mass is 239 g/mol. The molecule has 16 heavy (non-hydrogen) atoms. The summed E-state index contributed by atoms with van der Waals surface area (Å²) < 4.78 is 17.7. The van der Waals surface area contributed by atoms with Gasteiger partial charge in [0.1, 0.15) is 0 Å². The van der Waals surface area contributed by atoms with Gasteiger partial charge in [0, 0.05) is 29.0 Å². The van der Waals surface area contributed by atoms with Crippen molar-refractivity contribution in [1.82, 2.24) is 0 Å². The summed E-state index contributed by atoms with van der Waals surface area (Å²) in [6.45, 7) is 3.42. The maximum absolute atomic E-state index is 12.4. The van der Waals surface area contributed by atoms with Crippen LogP contribution in [0.5, 0.6) is 0 Å². The van der Waals surface area contributed by atoms with Gasteiger partial charge in [-0.25, -0.2) is 0 Å². The molecule has 88 valence electrons. The summed E-state index contributed by atoms with van der Waals surface area (Å²) in [7, 11) is -0.952. The molecule has 1 aliphatic heterocycles. The van der Waals surface area contributed by atoms with Crippen LogP contribution >= 0.6 is 0 Å². The number of nitrogens with two attached hydrogens (primary N) is 1. The molecule has 1 heterocycles. The van der Waals surface area contributed by atoms with Crippen molar-refractivity contribution < 1.29 is 8.95 Å². The lowest BCUT2D eigenvalue weighted by Crippen LogP contribution is -2.25. The van der Waals surface area contributed by atoms with Crippen LogP contribution in [0.4, 0.5) is 5.69 Å². The molecule has 4 heteroatoms. The van der Waals surface area contributed by atoms with Crippen LogP contribution in [0.1, 0.15) is 18.4 Å². The van der Waals surface area contributed by atoms with Gasteiger partial charge in [-0.1, -0.05) is 6.07 Å². The standard InChI is InChI=1S/C12H17NO2S/c1-9-2-3-10(13)8-12(9)16(14)11-4-6-15-7-5-11/h2-3,8,11H,4-7,13H2,1H3. The van der Waals surface area contributed by atoms with Crippen molar-refractivity contribution in [3.8, 4) is 0 Å². The zero-order valence-electron chi connectivity index (χ0n) is 9.44. The lowest BCUT2D eigenvalue weighted by molar-refractivity contribution is 0.0992. The molecule has 1 aliphatic rings. The molecule has 1 saturated heterocycles. The smallest absolute Gasteiger partial charge is 0.0566 e. The predicted molar refractivity (Wildman–Crippen MR) is 65.8 cm³/mol. The molecule has 0 radical (unpaired) electrons. The van der Waals surface area contributed by atoms with E-state index in [1.165, 1.54) is 0 Å². The first kappa shape index (κ1) is 11.6. The third-order valence-electron chi connectivity index (χ3n) is 2.90. The zero-order valence-corrected chi connectivity index (χ0v) is 10.3. The molecule has 0 aromatic heterocycles. The Hall–Kier alpha value is -0.870. The number of aryl methyl sites for hydroxylation is 1. The molecule has 0 bridgehead atoms. The van der Waals surface area contributed by atoms with E-state index in [2.05, 4.69) is 0 Å². The predicted octanol–water partition coefficient (Wildman–Crippen LogP) is 1.86. The Bertz CT molecular complexity index is 400. The van der Waals surface area contributed by atoms with E-state index in [9.17, 15) is 4.21 Å². The number of hydrogen-bond donors (Lipinski definition) is 1. The van der Waals surface area contributed by atoms with E-state index in [0.717, 1.165) is 36.5 Å². The van der Waals surface area contributed by atoms with Gasteiger partial charge in [-0.05, 0) is 37.5 Å². The van der Waals surface area contributed by atoms with Crippen molar-refractivity contribution in [3.63, 3.8) is 0 Å². The van der Waals surface area contributed by atoms with Crippen LogP contribution in [0.2, 0.25) is 0 Å². The van der Waals surface area contributed by atoms with E-state index in [4.69, 9.17) is 10.5 Å². The summed E-state index contributed by atoms with van der Waals surface area (Å²) in [6.07, 6.45) is 1.75. The highest BCUT2D eigenvalue weighted by molar-refractivity contribution is 7.85. The van der Waals surface area contributed by atoms with Crippen molar-refractivity contribution in [2.75, 3.05) is 18.9 Å². The molecule has 0 saturated carbocycles. The zero-order chi connectivity index (χ0) is 11.5. The highest BCUT2D eigenvalue weighted by Crippen LogP contribution is 2.24. The number of benzene rings is 1. The molecule has 0 spiro atoms. The van der Waals surface area contributed by atoms with Crippen LogP contribution in [0.3, 0.4) is 0 Å². The first-order chi connectivity index (χ1) is 7.68. The van der Waals surface area contributed by atoms with Gasteiger partial charge in [0.05, 0.1) is 10.8 Å². The molecule has 1 unspecified atom stereocenters. The Kier molecular flexibility index (Phi) is 3.61. The highest BCUT2D eigenvalue weighted by atomic mass is 32.2. The largest absolute Gasteiger partial charge is 0.399 e. The topological polar surface area (TPSA) is 52.3 Å². The lowest BCUT2D eigenvalue weighted by atomic mass is 10.2. The third kappa shape index (κ3) is 2.44. The molecule has 1 fully saturated rings. The maximum atomic E-state index is 12.4. The Balaban J connectivity index is 2.22. The average molecular weight is 239 g/mol. The first-order valence-corrected chi connectivity index (χ1v) is 6.74. The SMILES string of the molecule is Cc1ccc(N)cc1S(=O)C1CCOCC1. The molecule has 0 amide bonds. The van der Waals surface area contributed by atoms with E-state index < -0.39 is 10.8 Å². The Morgan fingerprint density at radius 2 is 2.06 bits per heavy atom. The fourth-order valence-electron chi connectivity index (χ4n) is 1.90. The van der Waals surface area contributed by atoms with Gasteiger partial charge in [0.15, 0.2) is 0 Å². The third-order valence-corrected chi connectivity index (χ3v) is 4.85. The van der Waals surface area contributed by atoms with E-state index in [-0.39, 0.29) is 5.25 Å². The van der Waals surface area contributed by atoms with Crippen LogP contribution in [-0.4, -0.2) is 22.7 Å². The minimum atomic E-state index is -0.952. The van der Waals surface area contributed by atoms with Gasteiger partial charge in [-0.2, -0.15) is 0 Å². The second-order valence-electron chi connectivity index (χ2n) is 4.13. The summed E-state index contributed by atoms with van der Waals surface area (Å²) >= 11 is 0. The minimum absolute atomic E-state index is 0.217. The number of rotatable bonds is 2. The molecular formula is C12H17NO2S. The van der Waals surface area contributed by atoms with Gasteiger partial charge in [-0.15, -0.1) is 0 Å². The molecular weight excluding hydrogens is 222 g/mol. The van der Waals surface area contributed by atoms with Gasteiger partial charge in [-0.3, -0.25) is 4.21 Å². The van der Waals surface area contributed by atoms with Crippen molar-refractivity contribution in [3.05, 3.63) is 23.8 Å². The van der Waals surface area contributed by atoms with Crippen LogP contribution in [0.15, 0.2) is 23.1 Å². The first-order valence-electron chi connectivity index (χ1n) is 5.53. The summed E-state index contributed by atoms with van der Waals surface area (Å²) in [5.74, 6) is 0. The van der Waals surface area contributed by atoms with Crippen LogP contribution in [0.25, 0.3) is 0 Å². The fourth-order valence-corrected chi connectivity index (χ4v) is 3.52. The maximum Gasteiger partial charge on any atom is 0.0566 e. The lowest BCUT2D eigenvalue weighted by Gasteiger charge is -2.22. The van der Waals surface area contributed by atoms with Crippen molar-refractivity contribution in [1.29, 1.82) is 0 Å². The molecule has 2 N–H and O–H groups in total. The molecule has 1 aromatic carbocycles. The van der Waals surface area contributed by atoms with Crippen LogP contribution < -0.4 is 5.73 Å². The van der Waals surface area contributed by atoms with E-state index in [1.54, 1.807) is 0 Å². The van der Waals surface area contributed by atoms with Gasteiger partial charge < -0.3 is 10.5 Å². The quantitative estimate of drug-likeness (QED) is 0.801. The number of hydrogen-bond acceptors (Lipinski definition) is 3. The average Bonchev–Trinajstić information content (AvgIpc) is 2.32. The number of anilines is 1. The second-order valence-corrected chi connectivity index (χ2v) is 5.84. The summed E-state index contributed by atoms with van der Waals surface area (Å²) in [4.78, 5) is 0.881. The molecule has 0 aliphatic carbocycles. The molecule has 2 rings (SSSR count). The van der Waals surface area contributed by atoms with E-state index >= 15 is 0 Å². The molecule has 1 aromatic rings. The van der Waals surface area contributed by atoms with Crippen molar-refractivity contribution in [2.24, 2.45) is 0 Å². The molecule has 1 atom stereocenters. The van der Waals surface area contributed by atoms with E-state index in [1.807, 2.05) is 25.1 Å². The van der Waals surface area contributed by atoms with Gasteiger partial charge >= 0.3 is 0 Å². The van der Waals surface area contributed by atoms with Gasteiger partial charge in [0.2, 0.25) is 0 Å². The minimum Gasteiger partial charge on any atom is -0.399 e. The fraction of sp³-hybridized carbons (Fsp3) is 0.500. The summed E-state index contributed by atoms with van der Waals surface area (Å²) in [6, 6.07) is 5.61. The summed E-state index contributed by atoms with van der Waals surface area (Å²) in [5.41, 5.74) is 7.47. The Labute approximate surface area is 98.4 Å². The van der Waals surface area contributed by atoms with Gasteiger partial charge in [0.25, 0.3) is 0 Å². The highest BCUT2D eigenvalue weighted by Gasteiger charge is 2.22. The Morgan fingerprint density at radius 3 is 2.75 bits per heavy atom. The van der Waals surface area contributed by atoms with Crippen LogP contribution in [0, 0.1) is 6.92 Å². The van der Waals surface area contributed by atoms with E-state index in [0.29, 0.717) is 5.69 Å². The molecule has 3 nitrogen and oxygen atoms in total. The number of ether oxygens (including phenoxy) is 1.